The molecule has 0 spiro atoms. The number of rotatable bonds is 4. The topological polar surface area (TPSA) is 37.4 Å². The molecule has 4 rings (SSSR count). The highest BCUT2D eigenvalue weighted by molar-refractivity contribution is 5.82. The second kappa shape index (κ2) is 7.85. The first-order chi connectivity index (χ1) is 12.9. The van der Waals surface area contributed by atoms with Gasteiger partial charge in [0.25, 0.3) is 0 Å². The van der Waals surface area contributed by atoms with E-state index in [0.717, 1.165) is 38.3 Å². The van der Waals surface area contributed by atoms with Crippen molar-refractivity contribution in [1.29, 1.82) is 0 Å². The summed E-state index contributed by atoms with van der Waals surface area (Å²) in [7, 11) is 1.76. The van der Waals surface area contributed by atoms with Crippen LogP contribution < -0.4 is 10.1 Å². The molecule has 0 radical (unpaired) electrons. The fourth-order valence-corrected chi connectivity index (χ4v) is 3.88. The Balaban J connectivity index is 1.83. The molecule has 3 aromatic rings. The highest BCUT2D eigenvalue weighted by Crippen LogP contribution is 2.36. The van der Waals surface area contributed by atoms with Crippen molar-refractivity contribution in [2.75, 3.05) is 33.3 Å². The zero-order valence-corrected chi connectivity index (χ0v) is 15.2. The van der Waals surface area contributed by atoms with Gasteiger partial charge in [-0.1, -0.05) is 30.3 Å². The summed E-state index contributed by atoms with van der Waals surface area (Å²) in [4.78, 5) is 6.81. The summed E-state index contributed by atoms with van der Waals surface area (Å²) in [5.74, 6) is 0.949. The van der Waals surface area contributed by atoms with Gasteiger partial charge < -0.3 is 10.1 Å². The molecule has 26 heavy (non-hydrogen) atoms. The van der Waals surface area contributed by atoms with Crippen molar-refractivity contribution in [1.82, 2.24) is 15.2 Å². The predicted octanol–water partition coefficient (Wildman–Crippen LogP) is 3.63. The van der Waals surface area contributed by atoms with E-state index in [2.05, 4.69) is 57.7 Å². The molecule has 1 atom stereocenters. The summed E-state index contributed by atoms with van der Waals surface area (Å²) in [5, 5.41) is 5.91. The zero-order valence-electron chi connectivity index (χ0n) is 15.2. The van der Waals surface area contributed by atoms with Crippen LogP contribution in [0.1, 0.15) is 23.6 Å². The molecule has 0 amide bonds. The summed E-state index contributed by atoms with van der Waals surface area (Å²) in [6.07, 6.45) is 4.94. The zero-order chi connectivity index (χ0) is 17.8. The SMILES string of the molecule is COc1ccccc1C(c1ccc2cnccc2c1)N1CCCNCC1. The van der Waals surface area contributed by atoms with Crippen LogP contribution >= 0.6 is 0 Å². The van der Waals surface area contributed by atoms with Crippen LogP contribution in [0.3, 0.4) is 0 Å². The van der Waals surface area contributed by atoms with E-state index in [1.807, 2.05) is 18.5 Å². The van der Waals surface area contributed by atoms with Gasteiger partial charge in [0, 0.05) is 43.0 Å². The minimum absolute atomic E-state index is 0.184. The normalized spacial score (nSPS) is 17.0. The smallest absolute Gasteiger partial charge is 0.123 e. The maximum absolute atomic E-state index is 5.71. The van der Waals surface area contributed by atoms with Crippen LogP contribution in [0, 0.1) is 0 Å². The Labute approximate surface area is 154 Å². The lowest BCUT2D eigenvalue weighted by Gasteiger charge is -2.32. The third kappa shape index (κ3) is 3.43. The Kier molecular flexibility index (Phi) is 5.14. The number of ether oxygens (including phenoxy) is 1. The van der Waals surface area contributed by atoms with Crippen molar-refractivity contribution in [3.8, 4) is 5.75 Å². The van der Waals surface area contributed by atoms with Crippen LogP contribution in [-0.4, -0.2) is 43.2 Å². The molecular formula is C22H25N3O. The summed E-state index contributed by atoms with van der Waals surface area (Å²) >= 11 is 0. The van der Waals surface area contributed by atoms with E-state index in [1.165, 1.54) is 21.9 Å². The lowest BCUT2D eigenvalue weighted by atomic mass is 9.94. The Bertz CT molecular complexity index is 872. The largest absolute Gasteiger partial charge is 0.496 e. The van der Waals surface area contributed by atoms with E-state index in [1.54, 1.807) is 7.11 Å². The van der Waals surface area contributed by atoms with E-state index >= 15 is 0 Å². The molecule has 1 aliphatic rings. The third-order valence-corrected chi connectivity index (χ3v) is 5.15. The molecule has 2 heterocycles. The Morgan fingerprint density at radius 1 is 1.04 bits per heavy atom. The number of aromatic nitrogens is 1. The Morgan fingerprint density at radius 2 is 1.96 bits per heavy atom. The molecule has 1 fully saturated rings. The van der Waals surface area contributed by atoms with Crippen molar-refractivity contribution in [2.24, 2.45) is 0 Å². The fraction of sp³-hybridized carbons (Fsp3) is 0.318. The average Bonchev–Trinajstić information content (AvgIpc) is 2.98. The second-order valence-corrected chi connectivity index (χ2v) is 6.77. The number of para-hydroxylation sites is 1. The van der Waals surface area contributed by atoms with Gasteiger partial charge in [-0.2, -0.15) is 0 Å². The van der Waals surface area contributed by atoms with Gasteiger partial charge in [-0.25, -0.2) is 0 Å². The van der Waals surface area contributed by atoms with Crippen molar-refractivity contribution >= 4 is 10.8 Å². The first kappa shape index (κ1) is 17.0. The number of benzene rings is 2. The maximum atomic E-state index is 5.71. The van der Waals surface area contributed by atoms with Crippen molar-refractivity contribution in [2.45, 2.75) is 12.5 Å². The molecule has 134 valence electrons. The standard InChI is InChI=1S/C22H25N3O/c1-26-21-6-3-2-5-20(21)22(25-13-4-10-23-12-14-25)18-7-8-19-16-24-11-9-17(19)15-18/h2-3,5-9,11,15-16,22-23H,4,10,12-14H2,1H3. The lowest BCUT2D eigenvalue weighted by Crippen LogP contribution is -2.33. The Morgan fingerprint density at radius 3 is 2.88 bits per heavy atom. The molecule has 1 aromatic heterocycles. The first-order valence-electron chi connectivity index (χ1n) is 9.28. The molecule has 1 saturated heterocycles. The number of fused-ring (bicyclic) bond motifs is 1. The lowest BCUT2D eigenvalue weighted by molar-refractivity contribution is 0.236. The molecule has 4 nitrogen and oxygen atoms in total. The summed E-state index contributed by atoms with van der Waals surface area (Å²) < 4.78 is 5.71. The summed E-state index contributed by atoms with van der Waals surface area (Å²) in [6, 6.07) is 17.4. The third-order valence-electron chi connectivity index (χ3n) is 5.15. The van der Waals surface area contributed by atoms with Crippen LogP contribution in [0.4, 0.5) is 0 Å². The maximum Gasteiger partial charge on any atom is 0.123 e. The number of pyridine rings is 1. The summed E-state index contributed by atoms with van der Waals surface area (Å²) in [6.45, 7) is 4.20. The van der Waals surface area contributed by atoms with Gasteiger partial charge in [0.2, 0.25) is 0 Å². The van der Waals surface area contributed by atoms with Crippen molar-refractivity contribution < 1.29 is 4.74 Å². The van der Waals surface area contributed by atoms with Crippen LogP contribution in [0.5, 0.6) is 5.75 Å². The summed E-state index contributed by atoms with van der Waals surface area (Å²) in [5.41, 5.74) is 2.53. The van der Waals surface area contributed by atoms with Crippen LogP contribution in [0.2, 0.25) is 0 Å². The number of hydrogen-bond donors (Lipinski definition) is 1. The van der Waals surface area contributed by atoms with Crippen LogP contribution in [0.25, 0.3) is 10.8 Å². The Hall–Kier alpha value is -2.43. The van der Waals surface area contributed by atoms with E-state index in [0.29, 0.717) is 0 Å². The van der Waals surface area contributed by atoms with Crippen molar-refractivity contribution in [3.05, 3.63) is 72.1 Å². The number of hydrogen-bond acceptors (Lipinski definition) is 4. The van der Waals surface area contributed by atoms with Crippen molar-refractivity contribution in [3.63, 3.8) is 0 Å². The van der Waals surface area contributed by atoms with Gasteiger partial charge in [-0.15, -0.1) is 0 Å². The number of nitrogens with one attached hydrogen (secondary N) is 1. The van der Waals surface area contributed by atoms with Gasteiger partial charge in [-0.05, 0) is 42.1 Å². The van der Waals surface area contributed by atoms with Crippen LogP contribution in [-0.2, 0) is 0 Å². The second-order valence-electron chi connectivity index (χ2n) is 6.77. The average molecular weight is 347 g/mol. The fourth-order valence-electron chi connectivity index (χ4n) is 3.88. The van der Waals surface area contributed by atoms with Gasteiger partial charge in [-0.3, -0.25) is 9.88 Å². The number of methoxy groups -OCH3 is 1. The monoisotopic (exact) mass is 347 g/mol. The van der Waals surface area contributed by atoms with Gasteiger partial charge in [0.15, 0.2) is 0 Å². The van der Waals surface area contributed by atoms with E-state index in [-0.39, 0.29) is 6.04 Å². The molecule has 1 unspecified atom stereocenters. The highest BCUT2D eigenvalue weighted by Gasteiger charge is 2.25. The van der Waals surface area contributed by atoms with E-state index < -0.39 is 0 Å². The molecular weight excluding hydrogens is 322 g/mol. The molecule has 1 aliphatic heterocycles. The molecule has 1 N–H and O–H groups in total. The molecule has 0 aliphatic carbocycles. The van der Waals surface area contributed by atoms with E-state index in [4.69, 9.17) is 4.74 Å². The molecule has 0 saturated carbocycles. The predicted molar refractivity (Wildman–Crippen MR) is 106 cm³/mol. The van der Waals surface area contributed by atoms with Gasteiger partial charge >= 0.3 is 0 Å². The minimum atomic E-state index is 0.184. The highest BCUT2D eigenvalue weighted by atomic mass is 16.5. The van der Waals surface area contributed by atoms with E-state index in [9.17, 15) is 0 Å². The quantitative estimate of drug-likeness (QED) is 0.782. The number of nitrogens with zero attached hydrogens (tertiary/aromatic N) is 2. The minimum Gasteiger partial charge on any atom is -0.496 e. The molecule has 4 heteroatoms. The molecule has 2 aromatic carbocycles. The van der Waals surface area contributed by atoms with Crippen LogP contribution in [0.15, 0.2) is 60.9 Å². The van der Waals surface area contributed by atoms with Gasteiger partial charge in [0.05, 0.1) is 13.2 Å². The molecule has 0 bridgehead atoms. The first-order valence-corrected chi connectivity index (χ1v) is 9.28. The van der Waals surface area contributed by atoms with Gasteiger partial charge in [0.1, 0.15) is 5.75 Å².